The largest absolute Gasteiger partial charge is 0.480 e. The lowest BCUT2D eigenvalue weighted by molar-refractivity contribution is -0.142. The van der Waals surface area contributed by atoms with Gasteiger partial charge >= 0.3 is 5.97 Å². The lowest BCUT2D eigenvalue weighted by Crippen LogP contribution is -2.51. The van der Waals surface area contributed by atoms with Crippen molar-refractivity contribution in [3.05, 3.63) is 60.2 Å². The molecule has 0 aromatic heterocycles. The van der Waals surface area contributed by atoms with Gasteiger partial charge in [-0.3, -0.25) is 4.79 Å². The number of nitrogens with one attached hydrogen (secondary N) is 1. The number of carbonyl (C=O) groups is 2. The van der Waals surface area contributed by atoms with Gasteiger partial charge in [-0.1, -0.05) is 30.3 Å². The van der Waals surface area contributed by atoms with Gasteiger partial charge in [0.05, 0.1) is 4.90 Å². The van der Waals surface area contributed by atoms with Crippen molar-refractivity contribution in [1.29, 1.82) is 0 Å². The molecule has 2 aromatic rings. The summed E-state index contributed by atoms with van der Waals surface area (Å²) < 4.78 is 27.1. The molecule has 4 N–H and O–H groups in total. The molecule has 0 spiro atoms. The first kappa shape index (κ1) is 20.8. The van der Waals surface area contributed by atoms with Crippen molar-refractivity contribution < 1.29 is 23.1 Å². The van der Waals surface area contributed by atoms with Gasteiger partial charge in [0.25, 0.3) is 0 Å². The zero-order valence-electron chi connectivity index (χ0n) is 15.7. The standard InChI is InChI=1S/C20H23N3O5S/c21-15-8-10-16(11-9-15)29(27,28)23-12-4-7-18(23)19(24)22-17(20(25)26)13-14-5-2-1-3-6-14/h1-3,5-6,8-11,17-18H,4,7,12-13,21H2,(H,22,24)(H,25,26)/t17-,18-/m0/s1. The van der Waals surface area contributed by atoms with Crippen molar-refractivity contribution >= 4 is 27.6 Å². The SMILES string of the molecule is Nc1ccc(S(=O)(=O)N2CCC[C@H]2C(=O)N[C@@H](Cc2ccccc2)C(=O)O)cc1. The van der Waals surface area contributed by atoms with Crippen molar-refractivity contribution in [2.75, 3.05) is 12.3 Å². The maximum Gasteiger partial charge on any atom is 0.326 e. The van der Waals surface area contributed by atoms with E-state index < -0.39 is 34.0 Å². The summed E-state index contributed by atoms with van der Waals surface area (Å²) in [6.07, 6.45) is 0.958. The maximum absolute atomic E-state index is 13.0. The first-order chi connectivity index (χ1) is 13.8. The van der Waals surface area contributed by atoms with Crippen LogP contribution in [0.1, 0.15) is 18.4 Å². The minimum absolute atomic E-state index is 0.0467. The quantitative estimate of drug-likeness (QED) is 0.581. The van der Waals surface area contributed by atoms with Crippen molar-refractivity contribution in [2.45, 2.75) is 36.2 Å². The smallest absolute Gasteiger partial charge is 0.326 e. The molecular weight excluding hydrogens is 394 g/mol. The van der Waals surface area contributed by atoms with Gasteiger partial charge in [0.2, 0.25) is 15.9 Å². The van der Waals surface area contributed by atoms with Crippen LogP contribution in [0.15, 0.2) is 59.5 Å². The molecule has 2 atom stereocenters. The number of sulfonamides is 1. The number of aliphatic carboxylic acids is 1. The summed E-state index contributed by atoms with van der Waals surface area (Å²) in [6.45, 7) is 0.196. The predicted octanol–water partition coefficient (Wildman–Crippen LogP) is 1.23. The van der Waals surface area contributed by atoms with Gasteiger partial charge < -0.3 is 16.2 Å². The van der Waals surface area contributed by atoms with Crippen LogP contribution in [0.3, 0.4) is 0 Å². The molecule has 1 heterocycles. The van der Waals surface area contributed by atoms with E-state index in [0.717, 1.165) is 9.87 Å². The molecule has 8 nitrogen and oxygen atoms in total. The van der Waals surface area contributed by atoms with Crippen LogP contribution < -0.4 is 11.1 Å². The van der Waals surface area contributed by atoms with E-state index in [9.17, 15) is 23.1 Å². The van der Waals surface area contributed by atoms with E-state index in [4.69, 9.17) is 5.73 Å². The molecule has 154 valence electrons. The fourth-order valence-corrected chi connectivity index (χ4v) is 5.04. The van der Waals surface area contributed by atoms with E-state index in [1.807, 2.05) is 6.07 Å². The summed E-state index contributed by atoms with van der Waals surface area (Å²) in [7, 11) is -3.90. The Bertz CT molecular complexity index is 977. The molecule has 1 aliphatic rings. The van der Waals surface area contributed by atoms with Crippen molar-refractivity contribution in [2.24, 2.45) is 0 Å². The molecule has 3 rings (SSSR count). The maximum atomic E-state index is 13.0. The van der Waals surface area contributed by atoms with Gasteiger partial charge in [-0.05, 0) is 42.7 Å². The van der Waals surface area contributed by atoms with Crippen LogP contribution in [-0.2, 0) is 26.0 Å². The highest BCUT2D eigenvalue weighted by Gasteiger charge is 2.40. The third kappa shape index (κ3) is 4.75. The molecule has 1 amide bonds. The molecule has 0 unspecified atom stereocenters. The minimum atomic E-state index is -3.90. The van der Waals surface area contributed by atoms with Crippen LogP contribution in [0.4, 0.5) is 5.69 Å². The van der Waals surface area contributed by atoms with Crippen LogP contribution in [0.2, 0.25) is 0 Å². The van der Waals surface area contributed by atoms with E-state index >= 15 is 0 Å². The Labute approximate surface area is 169 Å². The Balaban J connectivity index is 1.76. The average Bonchev–Trinajstić information content (AvgIpc) is 3.19. The number of carbonyl (C=O) groups excluding carboxylic acids is 1. The fraction of sp³-hybridized carbons (Fsp3) is 0.300. The zero-order valence-corrected chi connectivity index (χ0v) is 16.5. The molecule has 9 heteroatoms. The first-order valence-electron chi connectivity index (χ1n) is 9.23. The van der Waals surface area contributed by atoms with Gasteiger partial charge in [0.15, 0.2) is 0 Å². The second kappa shape index (κ2) is 8.62. The highest BCUT2D eigenvalue weighted by atomic mass is 32.2. The van der Waals surface area contributed by atoms with Gasteiger partial charge in [-0.2, -0.15) is 4.31 Å². The number of amides is 1. The van der Waals surface area contributed by atoms with Crippen LogP contribution in [0, 0.1) is 0 Å². The molecule has 0 saturated carbocycles. The monoisotopic (exact) mass is 417 g/mol. The summed E-state index contributed by atoms with van der Waals surface area (Å²) in [5.74, 6) is -1.78. The molecule has 2 aromatic carbocycles. The van der Waals surface area contributed by atoms with Crippen LogP contribution in [0.5, 0.6) is 0 Å². The molecule has 1 aliphatic heterocycles. The minimum Gasteiger partial charge on any atom is -0.480 e. The second-order valence-electron chi connectivity index (χ2n) is 6.93. The Morgan fingerprint density at radius 1 is 1.14 bits per heavy atom. The number of nitrogens with zero attached hydrogens (tertiary/aromatic N) is 1. The number of benzene rings is 2. The number of anilines is 1. The lowest BCUT2D eigenvalue weighted by atomic mass is 10.1. The van der Waals surface area contributed by atoms with Gasteiger partial charge in [-0.15, -0.1) is 0 Å². The van der Waals surface area contributed by atoms with Crippen molar-refractivity contribution in [3.63, 3.8) is 0 Å². The number of carboxylic acid groups (broad SMARTS) is 1. The number of rotatable bonds is 7. The molecule has 0 radical (unpaired) electrons. The Kier molecular flexibility index (Phi) is 6.19. The lowest BCUT2D eigenvalue weighted by Gasteiger charge is -2.25. The van der Waals surface area contributed by atoms with Crippen LogP contribution in [-0.4, -0.2) is 48.3 Å². The predicted molar refractivity (Wildman–Crippen MR) is 107 cm³/mol. The highest BCUT2D eigenvalue weighted by Crippen LogP contribution is 2.27. The average molecular weight is 417 g/mol. The highest BCUT2D eigenvalue weighted by molar-refractivity contribution is 7.89. The normalized spacial score (nSPS) is 18.3. The number of nitrogen functional groups attached to an aromatic ring is 1. The van der Waals surface area contributed by atoms with Crippen molar-refractivity contribution in [3.8, 4) is 0 Å². The van der Waals surface area contributed by atoms with E-state index in [1.54, 1.807) is 24.3 Å². The third-order valence-electron chi connectivity index (χ3n) is 4.89. The number of carboxylic acids is 1. The zero-order chi connectivity index (χ0) is 21.0. The van der Waals surface area contributed by atoms with E-state index in [-0.39, 0.29) is 17.9 Å². The van der Waals surface area contributed by atoms with Gasteiger partial charge in [0.1, 0.15) is 12.1 Å². The van der Waals surface area contributed by atoms with Gasteiger partial charge in [-0.25, -0.2) is 13.2 Å². The summed E-state index contributed by atoms with van der Waals surface area (Å²) in [5.41, 5.74) is 6.81. The summed E-state index contributed by atoms with van der Waals surface area (Å²) in [4.78, 5) is 24.5. The number of hydrogen-bond donors (Lipinski definition) is 3. The molecule has 1 fully saturated rings. The Hall–Kier alpha value is -2.91. The van der Waals surface area contributed by atoms with E-state index in [0.29, 0.717) is 18.5 Å². The van der Waals surface area contributed by atoms with Crippen molar-refractivity contribution in [1.82, 2.24) is 9.62 Å². The molecule has 1 saturated heterocycles. The summed E-state index contributed by atoms with van der Waals surface area (Å²) in [5, 5.41) is 12.0. The van der Waals surface area contributed by atoms with E-state index in [1.165, 1.54) is 24.3 Å². The van der Waals surface area contributed by atoms with Crippen LogP contribution in [0.25, 0.3) is 0 Å². The van der Waals surface area contributed by atoms with E-state index in [2.05, 4.69) is 5.32 Å². The topological polar surface area (TPSA) is 130 Å². The molecule has 29 heavy (non-hydrogen) atoms. The molecule has 0 bridgehead atoms. The fourth-order valence-electron chi connectivity index (χ4n) is 3.38. The molecular formula is C20H23N3O5S. The molecule has 0 aliphatic carbocycles. The Morgan fingerprint density at radius 3 is 2.41 bits per heavy atom. The summed E-state index contributed by atoms with van der Waals surface area (Å²) in [6, 6.07) is 12.6. The van der Waals surface area contributed by atoms with Gasteiger partial charge in [0, 0.05) is 18.7 Å². The third-order valence-corrected chi connectivity index (χ3v) is 6.81. The van der Waals surface area contributed by atoms with Crippen LogP contribution >= 0.6 is 0 Å². The second-order valence-corrected chi connectivity index (χ2v) is 8.82. The first-order valence-corrected chi connectivity index (χ1v) is 10.7. The summed E-state index contributed by atoms with van der Waals surface area (Å²) >= 11 is 0. The number of nitrogens with two attached hydrogens (primary N) is 1. The Morgan fingerprint density at radius 2 is 1.79 bits per heavy atom. The number of hydrogen-bond acceptors (Lipinski definition) is 5.